The number of anilines is 1. The summed E-state index contributed by atoms with van der Waals surface area (Å²) < 4.78 is 0. The molecule has 1 aromatic heterocycles. The average Bonchev–Trinajstić information content (AvgIpc) is 2.97. The number of nitrogens with zero attached hydrogens (tertiary/aromatic N) is 4. The van der Waals surface area contributed by atoms with Gasteiger partial charge in [-0.3, -0.25) is 14.5 Å². The fourth-order valence-electron chi connectivity index (χ4n) is 6.08. The first-order valence-corrected chi connectivity index (χ1v) is 13.0. The minimum atomic E-state index is -0.201. The number of carbonyl (C=O) groups is 2. The highest BCUT2D eigenvalue weighted by molar-refractivity contribution is 5.85. The summed E-state index contributed by atoms with van der Waals surface area (Å²) in [5.74, 6) is 1.36. The Morgan fingerprint density at radius 2 is 1.68 bits per heavy atom. The van der Waals surface area contributed by atoms with Crippen LogP contribution in [-0.2, 0) is 9.59 Å². The van der Waals surface area contributed by atoms with Crippen LogP contribution >= 0.6 is 0 Å². The third-order valence-electron chi connectivity index (χ3n) is 7.42. The van der Waals surface area contributed by atoms with E-state index in [9.17, 15) is 9.59 Å². The summed E-state index contributed by atoms with van der Waals surface area (Å²) in [6.07, 6.45) is 7.36. The van der Waals surface area contributed by atoms with Crippen molar-refractivity contribution in [3.63, 3.8) is 0 Å². The second-order valence-corrected chi connectivity index (χ2v) is 11.6. The minimum absolute atomic E-state index is 0.0989. The average molecular weight is 471 g/mol. The van der Waals surface area contributed by atoms with Gasteiger partial charge in [-0.2, -0.15) is 0 Å². The van der Waals surface area contributed by atoms with Crippen LogP contribution in [0.5, 0.6) is 0 Å². The van der Waals surface area contributed by atoms with Crippen LogP contribution in [0, 0.1) is 19.8 Å². The van der Waals surface area contributed by atoms with Gasteiger partial charge >= 0.3 is 0 Å². The molecule has 0 aromatic carbocycles. The molecule has 3 aliphatic heterocycles. The number of carbonyl (C=O) groups excluding carboxylic acids is 2. The lowest BCUT2D eigenvalue weighted by Crippen LogP contribution is -2.53. The number of aryl methyl sites for hydroxylation is 2. The van der Waals surface area contributed by atoms with Crippen LogP contribution in [0.1, 0.15) is 77.1 Å². The number of amides is 2. The molecule has 3 saturated heterocycles. The van der Waals surface area contributed by atoms with Crippen molar-refractivity contribution in [1.29, 1.82) is 0 Å². The largest absolute Gasteiger partial charge is 0.354 e. The van der Waals surface area contributed by atoms with Gasteiger partial charge in [0.15, 0.2) is 0 Å². The van der Waals surface area contributed by atoms with E-state index in [1.165, 1.54) is 0 Å². The first-order valence-electron chi connectivity index (χ1n) is 13.0. The Hall–Kier alpha value is -2.22. The Morgan fingerprint density at radius 3 is 2.29 bits per heavy atom. The molecule has 0 spiro atoms. The van der Waals surface area contributed by atoms with Crippen molar-refractivity contribution in [2.24, 2.45) is 5.92 Å². The molecule has 4 atom stereocenters. The molecule has 0 radical (unpaired) electrons. The Kier molecular flexibility index (Phi) is 7.45. The number of piperidine rings is 2. The fourth-order valence-corrected chi connectivity index (χ4v) is 6.08. The SMILES string of the molecule is Cc1cc(C)nc(N2CCCCC2C(=O)NC[C@@H]2C[C@H]3CC[C@@H](C2)N3CC(=O)NC(C)(C)C)n1. The first kappa shape index (κ1) is 24.9. The van der Waals surface area contributed by atoms with Gasteiger partial charge in [0.05, 0.1) is 6.54 Å². The maximum absolute atomic E-state index is 13.2. The molecule has 1 aromatic rings. The van der Waals surface area contributed by atoms with E-state index in [1.807, 2.05) is 40.7 Å². The summed E-state index contributed by atoms with van der Waals surface area (Å²) in [4.78, 5) is 39.5. The van der Waals surface area contributed by atoms with Gasteiger partial charge in [0, 0.05) is 42.1 Å². The molecule has 0 aliphatic carbocycles. The smallest absolute Gasteiger partial charge is 0.242 e. The number of fused-ring (bicyclic) bond motifs is 2. The van der Waals surface area contributed by atoms with Gasteiger partial charge in [-0.15, -0.1) is 0 Å². The maximum atomic E-state index is 13.2. The second kappa shape index (κ2) is 10.2. The predicted molar refractivity (Wildman–Crippen MR) is 134 cm³/mol. The van der Waals surface area contributed by atoms with Gasteiger partial charge in [-0.25, -0.2) is 9.97 Å². The summed E-state index contributed by atoms with van der Waals surface area (Å²) in [6, 6.07) is 2.66. The summed E-state index contributed by atoms with van der Waals surface area (Å²) in [5.41, 5.74) is 1.67. The van der Waals surface area contributed by atoms with E-state index in [-0.39, 0.29) is 23.4 Å². The monoisotopic (exact) mass is 470 g/mol. The Morgan fingerprint density at radius 1 is 1.03 bits per heavy atom. The molecule has 188 valence electrons. The fraction of sp³-hybridized carbons (Fsp3) is 0.769. The van der Waals surface area contributed by atoms with Gasteiger partial charge in [-0.05, 0) is 91.5 Å². The third kappa shape index (κ3) is 6.06. The van der Waals surface area contributed by atoms with Crippen molar-refractivity contribution in [3.8, 4) is 0 Å². The van der Waals surface area contributed by atoms with Crippen molar-refractivity contribution < 1.29 is 9.59 Å². The molecule has 0 saturated carbocycles. The van der Waals surface area contributed by atoms with Crippen LogP contribution in [0.4, 0.5) is 5.95 Å². The number of aromatic nitrogens is 2. The number of nitrogens with one attached hydrogen (secondary N) is 2. The van der Waals surface area contributed by atoms with Crippen molar-refractivity contribution in [1.82, 2.24) is 25.5 Å². The Balaban J connectivity index is 1.31. The highest BCUT2D eigenvalue weighted by Crippen LogP contribution is 2.38. The number of hydrogen-bond donors (Lipinski definition) is 2. The molecule has 3 aliphatic rings. The number of rotatable bonds is 6. The molecule has 1 unspecified atom stereocenters. The number of hydrogen-bond acceptors (Lipinski definition) is 6. The summed E-state index contributed by atoms with van der Waals surface area (Å²) in [7, 11) is 0. The van der Waals surface area contributed by atoms with Crippen LogP contribution in [0.25, 0.3) is 0 Å². The minimum Gasteiger partial charge on any atom is -0.354 e. The van der Waals surface area contributed by atoms with Gasteiger partial charge < -0.3 is 15.5 Å². The van der Waals surface area contributed by atoms with E-state index in [0.29, 0.717) is 37.0 Å². The summed E-state index contributed by atoms with van der Waals surface area (Å²) in [6.45, 7) is 12.0. The Labute approximate surface area is 204 Å². The molecular formula is C26H42N6O2. The van der Waals surface area contributed by atoms with Crippen LogP contribution in [0.2, 0.25) is 0 Å². The van der Waals surface area contributed by atoms with Crippen LogP contribution in [0.15, 0.2) is 6.07 Å². The zero-order valence-electron chi connectivity index (χ0n) is 21.6. The van der Waals surface area contributed by atoms with Crippen LogP contribution < -0.4 is 15.5 Å². The molecular weight excluding hydrogens is 428 g/mol. The van der Waals surface area contributed by atoms with E-state index < -0.39 is 0 Å². The van der Waals surface area contributed by atoms with Crippen molar-refractivity contribution in [2.45, 2.75) is 103 Å². The van der Waals surface area contributed by atoms with E-state index in [4.69, 9.17) is 0 Å². The van der Waals surface area contributed by atoms with Gasteiger partial charge in [0.25, 0.3) is 0 Å². The van der Waals surface area contributed by atoms with Crippen molar-refractivity contribution in [2.75, 3.05) is 24.5 Å². The lowest BCUT2D eigenvalue weighted by molar-refractivity contribution is -0.125. The van der Waals surface area contributed by atoms with Crippen LogP contribution in [0.3, 0.4) is 0 Å². The quantitative estimate of drug-likeness (QED) is 0.664. The van der Waals surface area contributed by atoms with Crippen molar-refractivity contribution in [3.05, 3.63) is 17.5 Å². The molecule has 4 rings (SSSR count). The Bertz CT molecular complexity index is 864. The summed E-state index contributed by atoms with van der Waals surface area (Å²) in [5, 5.41) is 6.37. The molecule has 8 nitrogen and oxygen atoms in total. The van der Waals surface area contributed by atoms with E-state index in [0.717, 1.165) is 62.9 Å². The third-order valence-corrected chi connectivity index (χ3v) is 7.42. The highest BCUT2D eigenvalue weighted by Gasteiger charge is 2.42. The topological polar surface area (TPSA) is 90.5 Å². The van der Waals surface area contributed by atoms with E-state index in [1.54, 1.807) is 0 Å². The molecule has 2 N–H and O–H groups in total. The molecule has 8 heteroatoms. The van der Waals surface area contributed by atoms with Gasteiger partial charge in [0.1, 0.15) is 6.04 Å². The van der Waals surface area contributed by atoms with Gasteiger partial charge in [0.2, 0.25) is 17.8 Å². The molecule has 2 amide bonds. The van der Waals surface area contributed by atoms with Gasteiger partial charge in [-0.1, -0.05) is 0 Å². The van der Waals surface area contributed by atoms with E-state index >= 15 is 0 Å². The normalized spacial score (nSPS) is 27.5. The molecule has 2 bridgehead atoms. The molecule has 34 heavy (non-hydrogen) atoms. The lowest BCUT2D eigenvalue weighted by atomic mass is 9.90. The van der Waals surface area contributed by atoms with Crippen LogP contribution in [-0.4, -0.2) is 70.0 Å². The molecule has 4 heterocycles. The predicted octanol–water partition coefficient (Wildman–Crippen LogP) is 2.73. The standard InChI is InChI=1S/C26H42N6O2/c1-17-12-18(2)29-25(28-17)31-11-7-6-8-22(31)24(34)27-15-19-13-20-9-10-21(14-19)32(20)16-23(33)30-26(3,4)5/h12,19-22H,6-11,13-16H2,1-5H3,(H,27,34)(H,30,33)/t19-,20-,21+,22?. The van der Waals surface area contributed by atoms with E-state index in [2.05, 4.69) is 30.4 Å². The van der Waals surface area contributed by atoms with Crippen molar-refractivity contribution >= 4 is 17.8 Å². The maximum Gasteiger partial charge on any atom is 0.242 e. The zero-order valence-corrected chi connectivity index (χ0v) is 21.6. The highest BCUT2D eigenvalue weighted by atomic mass is 16.2. The molecule has 3 fully saturated rings. The summed E-state index contributed by atoms with van der Waals surface area (Å²) >= 11 is 0. The second-order valence-electron chi connectivity index (χ2n) is 11.6. The first-order chi connectivity index (χ1) is 16.1. The zero-order chi connectivity index (χ0) is 24.5. The lowest BCUT2D eigenvalue weighted by Gasteiger charge is -2.39.